The third-order valence-corrected chi connectivity index (χ3v) is 3.80. The number of ether oxygens (including phenoxy) is 1. The molecule has 0 amide bonds. The number of rotatable bonds is 5. The highest BCUT2D eigenvalue weighted by molar-refractivity contribution is 6.11. The molecule has 3 nitrogen and oxygen atoms in total. The fraction of sp³-hybridized carbons (Fsp3) is 0.389. The van der Waals surface area contributed by atoms with Gasteiger partial charge in [0.2, 0.25) is 0 Å². The van der Waals surface area contributed by atoms with Crippen LogP contribution < -0.4 is 10.1 Å². The van der Waals surface area contributed by atoms with Gasteiger partial charge < -0.3 is 10.1 Å². The van der Waals surface area contributed by atoms with Gasteiger partial charge in [0.25, 0.3) is 0 Å². The molecule has 1 atom stereocenters. The Morgan fingerprint density at radius 2 is 2.00 bits per heavy atom. The summed E-state index contributed by atoms with van der Waals surface area (Å²) in [6, 6.07) is 13.0. The van der Waals surface area contributed by atoms with E-state index in [1.807, 2.05) is 0 Å². The predicted molar refractivity (Wildman–Crippen MR) is 88.4 cm³/mol. The Hall–Kier alpha value is -2.03. The van der Waals surface area contributed by atoms with Crippen LogP contribution in [-0.4, -0.2) is 25.0 Å². The summed E-state index contributed by atoms with van der Waals surface area (Å²) in [6.45, 7) is 5.95. The highest BCUT2D eigenvalue weighted by Crippen LogP contribution is 2.29. The van der Waals surface area contributed by atoms with Crippen molar-refractivity contribution in [2.75, 3.05) is 13.2 Å². The molecule has 0 radical (unpaired) electrons. The molecule has 1 aliphatic heterocycles. The lowest BCUT2D eigenvalue weighted by Crippen LogP contribution is -2.27. The molecule has 0 aliphatic carbocycles. The average molecular weight is 282 g/mol. The van der Waals surface area contributed by atoms with Crippen molar-refractivity contribution in [1.29, 1.82) is 0 Å². The Labute approximate surface area is 126 Å². The Morgan fingerprint density at radius 3 is 2.71 bits per heavy atom. The van der Waals surface area contributed by atoms with Crippen LogP contribution in [0, 0.1) is 0 Å². The van der Waals surface area contributed by atoms with Crippen molar-refractivity contribution >= 4 is 16.6 Å². The molecule has 0 saturated heterocycles. The Bertz CT molecular complexity index is 663. The first-order chi connectivity index (χ1) is 10.3. The van der Waals surface area contributed by atoms with E-state index in [2.05, 4.69) is 60.6 Å². The third kappa shape index (κ3) is 2.87. The number of hydrogen-bond acceptors (Lipinski definition) is 3. The van der Waals surface area contributed by atoms with E-state index in [1.54, 1.807) is 0 Å². The minimum Gasteiger partial charge on any atom is -0.493 e. The second kappa shape index (κ2) is 6.17. The minimum atomic E-state index is 0.416. The lowest BCUT2D eigenvalue weighted by atomic mass is 10.0. The second-order valence-corrected chi connectivity index (χ2v) is 5.59. The first-order valence-corrected chi connectivity index (χ1v) is 7.75. The molecule has 0 bridgehead atoms. The van der Waals surface area contributed by atoms with Crippen molar-refractivity contribution in [3.8, 4) is 5.75 Å². The number of hydrogen-bond donors (Lipinski definition) is 1. The van der Waals surface area contributed by atoms with E-state index in [9.17, 15) is 0 Å². The molecule has 110 valence electrons. The van der Waals surface area contributed by atoms with Gasteiger partial charge in [0.1, 0.15) is 11.6 Å². The first-order valence-electron chi connectivity index (χ1n) is 7.75. The quantitative estimate of drug-likeness (QED) is 0.847. The molecule has 2 aromatic rings. The Balaban J connectivity index is 1.98. The van der Waals surface area contributed by atoms with Gasteiger partial charge >= 0.3 is 0 Å². The van der Waals surface area contributed by atoms with Gasteiger partial charge in [-0.1, -0.05) is 37.6 Å². The molecular weight excluding hydrogens is 260 g/mol. The van der Waals surface area contributed by atoms with Crippen LogP contribution >= 0.6 is 0 Å². The summed E-state index contributed by atoms with van der Waals surface area (Å²) >= 11 is 0. The average Bonchev–Trinajstić information content (AvgIpc) is 2.94. The third-order valence-electron chi connectivity index (χ3n) is 3.80. The normalized spacial score (nSPS) is 17.6. The summed E-state index contributed by atoms with van der Waals surface area (Å²) in [7, 11) is 0. The van der Waals surface area contributed by atoms with E-state index in [4.69, 9.17) is 4.74 Å². The topological polar surface area (TPSA) is 33.6 Å². The molecule has 0 aromatic heterocycles. The Morgan fingerprint density at radius 1 is 1.19 bits per heavy atom. The van der Waals surface area contributed by atoms with Gasteiger partial charge in [0.15, 0.2) is 0 Å². The summed E-state index contributed by atoms with van der Waals surface area (Å²) < 4.78 is 5.94. The van der Waals surface area contributed by atoms with Crippen molar-refractivity contribution in [3.63, 3.8) is 0 Å². The van der Waals surface area contributed by atoms with Crippen molar-refractivity contribution in [2.24, 2.45) is 4.99 Å². The van der Waals surface area contributed by atoms with Crippen LogP contribution in [-0.2, 0) is 0 Å². The second-order valence-electron chi connectivity index (χ2n) is 5.59. The number of amidine groups is 1. The fourth-order valence-corrected chi connectivity index (χ4v) is 2.65. The van der Waals surface area contributed by atoms with Crippen LogP contribution in [0.25, 0.3) is 10.8 Å². The van der Waals surface area contributed by atoms with Gasteiger partial charge in [-0.15, -0.1) is 0 Å². The molecule has 1 heterocycles. The molecular formula is C18H22N2O. The van der Waals surface area contributed by atoms with E-state index < -0.39 is 0 Å². The van der Waals surface area contributed by atoms with Crippen molar-refractivity contribution in [2.45, 2.75) is 32.7 Å². The summed E-state index contributed by atoms with van der Waals surface area (Å²) in [5.74, 6) is 1.97. The van der Waals surface area contributed by atoms with Gasteiger partial charge in [-0.2, -0.15) is 0 Å². The van der Waals surface area contributed by atoms with Crippen LogP contribution in [0.1, 0.15) is 32.3 Å². The van der Waals surface area contributed by atoms with Crippen LogP contribution in [0.3, 0.4) is 0 Å². The summed E-state index contributed by atoms with van der Waals surface area (Å²) in [5, 5.41) is 5.81. The fourth-order valence-electron chi connectivity index (χ4n) is 2.65. The summed E-state index contributed by atoms with van der Waals surface area (Å²) in [4.78, 5) is 4.61. The smallest absolute Gasteiger partial charge is 0.129 e. The molecule has 1 aliphatic rings. The maximum Gasteiger partial charge on any atom is 0.129 e. The zero-order chi connectivity index (χ0) is 14.7. The monoisotopic (exact) mass is 282 g/mol. The number of unbranched alkanes of at least 4 members (excludes halogenated alkanes) is 1. The summed E-state index contributed by atoms with van der Waals surface area (Å²) in [5.41, 5.74) is 1.16. The van der Waals surface area contributed by atoms with Crippen molar-refractivity contribution in [1.82, 2.24) is 5.32 Å². The molecule has 21 heavy (non-hydrogen) atoms. The van der Waals surface area contributed by atoms with E-state index >= 15 is 0 Å². The molecule has 0 fully saturated rings. The SMILES string of the molecule is CCCCOc1ccc(C2=NC[C@H](C)N2)c2ccccc12. The van der Waals surface area contributed by atoms with Crippen LogP contribution in [0.5, 0.6) is 5.75 Å². The maximum absolute atomic E-state index is 5.94. The highest BCUT2D eigenvalue weighted by atomic mass is 16.5. The van der Waals surface area contributed by atoms with E-state index in [0.717, 1.165) is 48.5 Å². The van der Waals surface area contributed by atoms with Gasteiger partial charge in [0, 0.05) is 17.0 Å². The molecule has 3 heteroatoms. The molecule has 0 saturated carbocycles. The molecule has 3 rings (SSSR count). The lowest BCUT2D eigenvalue weighted by molar-refractivity contribution is 0.313. The largest absolute Gasteiger partial charge is 0.493 e. The van der Waals surface area contributed by atoms with Crippen LogP contribution in [0.2, 0.25) is 0 Å². The van der Waals surface area contributed by atoms with Gasteiger partial charge in [-0.25, -0.2) is 0 Å². The van der Waals surface area contributed by atoms with Gasteiger partial charge in [-0.3, -0.25) is 4.99 Å². The van der Waals surface area contributed by atoms with Crippen LogP contribution in [0.4, 0.5) is 0 Å². The van der Waals surface area contributed by atoms with Crippen molar-refractivity contribution < 1.29 is 4.74 Å². The van der Waals surface area contributed by atoms with Gasteiger partial charge in [-0.05, 0) is 30.9 Å². The molecule has 1 N–H and O–H groups in total. The van der Waals surface area contributed by atoms with E-state index in [0.29, 0.717) is 6.04 Å². The number of benzene rings is 2. The van der Waals surface area contributed by atoms with Crippen molar-refractivity contribution in [3.05, 3.63) is 42.0 Å². The zero-order valence-corrected chi connectivity index (χ0v) is 12.7. The van der Waals surface area contributed by atoms with Crippen LogP contribution in [0.15, 0.2) is 41.4 Å². The number of nitrogens with one attached hydrogen (secondary N) is 1. The summed E-state index contributed by atoms with van der Waals surface area (Å²) in [6.07, 6.45) is 2.23. The molecule has 0 unspecified atom stereocenters. The number of nitrogens with zero attached hydrogens (tertiary/aromatic N) is 1. The number of fused-ring (bicyclic) bond motifs is 1. The maximum atomic E-state index is 5.94. The van der Waals surface area contributed by atoms with E-state index in [1.165, 1.54) is 5.39 Å². The predicted octanol–water partition coefficient (Wildman–Crippen LogP) is 3.76. The highest BCUT2D eigenvalue weighted by Gasteiger charge is 2.17. The zero-order valence-electron chi connectivity index (χ0n) is 12.7. The first kappa shape index (κ1) is 13.9. The van der Waals surface area contributed by atoms with Gasteiger partial charge in [0.05, 0.1) is 13.2 Å². The molecule has 0 spiro atoms. The minimum absolute atomic E-state index is 0.416. The van der Waals surface area contributed by atoms with E-state index in [-0.39, 0.29) is 0 Å². The molecule has 2 aromatic carbocycles. The number of aliphatic imine (C=N–C) groups is 1. The lowest BCUT2D eigenvalue weighted by Gasteiger charge is -2.13. The standard InChI is InChI=1S/C18H22N2O/c1-3-4-11-21-17-10-9-16(18-19-12-13(2)20-18)14-7-5-6-8-15(14)17/h5-10,13H,3-4,11-12H2,1-2H3,(H,19,20)/t13-/m0/s1. The Kier molecular flexibility index (Phi) is 4.09.